The second kappa shape index (κ2) is 6.71. The molecule has 1 N–H and O–H groups in total. The average Bonchev–Trinajstić information content (AvgIpc) is 2.45. The second-order valence-corrected chi connectivity index (χ2v) is 5.84. The van der Waals surface area contributed by atoms with E-state index in [0.29, 0.717) is 15.1 Å². The Morgan fingerprint density at radius 1 is 0.950 bits per heavy atom. The molecule has 0 spiro atoms. The Morgan fingerprint density at radius 2 is 1.60 bits per heavy atom. The quantitative estimate of drug-likeness (QED) is 0.642. The molecule has 2 rings (SSSR count). The summed E-state index contributed by atoms with van der Waals surface area (Å²) in [6, 6.07) is 12.1. The Hall–Kier alpha value is -0.890. The van der Waals surface area contributed by atoms with Gasteiger partial charge in [-0.25, -0.2) is 0 Å². The molecule has 106 valence electrons. The molecule has 4 heteroatoms. The lowest BCUT2D eigenvalue weighted by Crippen LogP contribution is -2.07. The molecule has 0 saturated carbocycles. The molecule has 0 bridgehead atoms. The zero-order chi connectivity index (χ0) is 14.7. The summed E-state index contributed by atoms with van der Waals surface area (Å²) in [5, 5.41) is 4.79. The van der Waals surface area contributed by atoms with Gasteiger partial charge in [0.2, 0.25) is 0 Å². The van der Waals surface area contributed by atoms with Gasteiger partial charge in [-0.3, -0.25) is 0 Å². The molecule has 0 aliphatic heterocycles. The molecular formula is C16H16Cl3N. The monoisotopic (exact) mass is 327 g/mol. The number of rotatable bonds is 4. The lowest BCUT2D eigenvalue weighted by molar-refractivity contribution is 0.885. The van der Waals surface area contributed by atoms with Gasteiger partial charge in [-0.2, -0.15) is 0 Å². The molecule has 0 fully saturated rings. The first-order chi connectivity index (χ1) is 9.52. The van der Waals surface area contributed by atoms with E-state index in [9.17, 15) is 0 Å². The van der Waals surface area contributed by atoms with Crippen LogP contribution in [-0.2, 0) is 6.42 Å². The lowest BCUT2D eigenvalue weighted by atomic mass is 10.1. The molecule has 1 nitrogen and oxygen atoms in total. The van der Waals surface area contributed by atoms with Gasteiger partial charge in [-0.1, -0.05) is 59.9 Å². The van der Waals surface area contributed by atoms with Crippen LogP contribution < -0.4 is 5.32 Å². The number of benzene rings is 2. The fraction of sp³-hybridized carbons (Fsp3) is 0.250. The first-order valence-electron chi connectivity index (χ1n) is 6.51. The number of hydrogen-bond acceptors (Lipinski definition) is 1. The zero-order valence-corrected chi connectivity index (χ0v) is 13.7. The van der Waals surface area contributed by atoms with Crippen molar-refractivity contribution in [2.24, 2.45) is 0 Å². The van der Waals surface area contributed by atoms with Crippen LogP contribution >= 0.6 is 34.8 Å². The number of hydrogen-bond donors (Lipinski definition) is 1. The largest absolute Gasteiger partial charge is 0.378 e. The van der Waals surface area contributed by atoms with Crippen molar-refractivity contribution in [1.29, 1.82) is 0 Å². The Labute approximate surface area is 134 Å². The Balaban J connectivity index is 2.19. The molecule has 1 atom stereocenters. The minimum atomic E-state index is 0.0461. The molecule has 0 radical (unpaired) electrons. The highest BCUT2D eigenvalue weighted by Crippen LogP contribution is 2.36. The van der Waals surface area contributed by atoms with Gasteiger partial charge in [0.05, 0.1) is 21.1 Å². The van der Waals surface area contributed by atoms with Crippen molar-refractivity contribution >= 4 is 40.5 Å². The predicted octanol–water partition coefficient (Wildman–Crippen LogP) is 6.38. The van der Waals surface area contributed by atoms with Crippen molar-refractivity contribution in [3.8, 4) is 0 Å². The van der Waals surface area contributed by atoms with Crippen LogP contribution in [0.15, 0.2) is 36.4 Å². The van der Waals surface area contributed by atoms with E-state index in [1.807, 2.05) is 13.0 Å². The minimum absolute atomic E-state index is 0.0461. The van der Waals surface area contributed by atoms with E-state index in [1.54, 1.807) is 6.07 Å². The van der Waals surface area contributed by atoms with Crippen LogP contribution in [0.3, 0.4) is 0 Å². The van der Waals surface area contributed by atoms with Gasteiger partial charge in [0.15, 0.2) is 0 Å². The first-order valence-corrected chi connectivity index (χ1v) is 7.65. The van der Waals surface area contributed by atoms with Crippen molar-refractivity contribution in [2.45, 2.75) is 26.3 Å². The van der Waals surface area contributed by atoms with E-state index >= 15 is 0 Å². The molecule has 0 heterocycles. The van der Waals surface area contributed by atoms with Crippen molar-refractivity contribution in [1.82, 2.24) is 0 Å². The molecular weight excluding hydrogens is 313 g/mol. The highest BCUT2D eigenvalue weighted by atomic mass is 35.5. The SMILES string of the molecule is CCc1ccc(NC(C)c2ccc(Cl)c(Cl)c2Cl)cc1. The summed E-state index contributed by atoms with van der Waals surface area (Å²) in [5.74, 6) is 0. The third kappa shape index (κ3) is 3.41. The van der Waals surface area contributed by atoms with Crippen LogP contribution in [0.4, 0.5) is 5.69 Å². The predicted molar refractivity (Wildman–Crippen MR) is 89.3 cm³/mol. The summed E-state index contributed by atoms with van der Waals surface area (Å²) in [6.07, 6.45) is 1.04. The van der Waals surface area contributed by atoms with Gasteiger partial charge in [0, 0.05) is 5.69 Å². The third-order valence-electron chi connectivity index (χ3n) is 3.28. The van der Waals surface area contributed by atoms with E-state index in [2.05, 4.69) is 36.5 Å². The van der Waals surface area contributed by atoms with E-state index in [-0.39, 0.29) is 6.04 Å². The van der Waals surface area contributed by atoms with Crippen molar-refractivity contribution in [3.05, 3.63) is 62.6 Å². The Morgan fingerprint density at radius 3 is 2.20 bits per heavy atom. The van der Waals surface area contributed by atoms with Crippen LogP contribution in [0, 0.1) is 0 Å². The minimum Gasteiger partial charge on any atom is -0.378 e. The summed E-state index contributed by atoms with van der Waals surface area (Å²) in [7, 11) is 0. The summed E-state index contributed by atoms with van der Waals surface area (Å²) in [6.45, 7) is 4.18. The lowest BCUT2D eigenvalue weighted by Gasteiger charge is -2.18. The van der Waals surface area contributed by atoms with Crippen molar-refractivity contribution < 1.29 is 0 Å². The molecule has 0 saturated heterocycles. The topological polar surface area (TPSA) is 12.0 Å². The third-order valence-corrected chi connectivity index (χ3v) is 4.59. The average molecular weight is 329 g/mol. The van der Waals surface area contributed by atoms with Crippen LogP contribution in [-0.4, -0.2) is 0 Å². The number of anilines is 1. The molecule has 1 unspecified atom stereocenters. The molecule has 2 aromatic carbocycles. The van der Waals surface area contributed by atoms with Gasteiger partial charge in [-0.05, 0) is 42.7 Å². The number of nitrogens with one attached hydrogen (secondary N) is 1. The van der Waals surface area contributed by atoms with E-state index in [4.69, 9.17) is 34.8 Å². The summed E-state index contributed by atoms with van der Waals surface area (Å²) in [4.78, 5) is 0. The van der Waals surface area contributed by atoms with E-state index in [1.165, 1.54) is 5.56 Å². The fourth-order valence-electron chi connectivity index (χ4n) is 2.04. The van der Waals surface area contributed by atoms with Crippen molar-refractivity contribution in [2.75, 3.05) is 5.32 Å². The maximum absolute atomic E-state index is 6.25. The summed E-state index contributed by atoms with van der Waals surface area (Å²) in [5.41, 5.74) is 3.30. The molecule has 0 aliphatic rings. The van der Waals surface area contributed by atoms with Crippen LogP contribution in [0.2, 0.25) is 15.1 Å². The van der Waals surface area contributed by atoms with Crippen LogP contribution in [0.1, 0.15) is 31.0 Å². The van der Waals surface area contributed by atoms with Crippen LogP contribution in [0.25, 0.3) is 0 Å². The van der Waals surface area contributed by atoms with Gasteiger partial charge in [0.25, 0.3) is 0 Å². The number of halogens is 3. The van der Waals surface area contributed by atoms with Crippen LogP contribution in [0.5, 0.6) is 0 Å². The second-order valence-electron chi connectivity index (χ2n) is 4.68. The first kappa shape index (κ1) is 15.5. The highest BCUT2D eigenvalue weighted by molar-refractivity contribution is 6.48. The Kier molecular flexibility index (Phi) is 5.20. The number of aryl methyl sites for hydroxylation is 1. The van der Waals surface area contributed by atoms with Gasteiger partial charge >= 0.3 is 0 Å². The zero-order valence-electron chi connectivity index (χ0n) is 11.4. The smallest absolute Gasteiger partial charge is 0.0782 e. The summed E-state index contributed by atoms with van der Waals surface area (Å²) >= 11 is 18.3. The highest BCUT2D eigenvalue weighted by Gasteiger charge is 2.14. The normalized spacial score (nSPS) is 12.2. The maximum atomic E-state index is 6.25. The Bertz CT molecular complexity index is 593. The van der Waals surface area contributed by atoms with Gasteiger partial charge in [0.1, 0.15) is 0 Å². The maximum Gasteiger partial charge on any atom is 0.0782 e. The molecule has 0 aromatic heterocycles. The van der Waals surface area contributed by atoms with E-state index in [0.717, 1.165) is 17.7 Å². The molecule has 0 aliphatic carbocycles. The molecule has 20 heavy (non-hydrogen) atoms. The fourth-order valence-corrected chi connectivity index (χ4v) is 2.75. The standard InChI is InChI=1S/C16H16Cl3N/c1-3-11-4-6-12(7-5-11)20-10(2)13-8-9-14(17)16(19)15(13)18/h4-10,20H,3H2,1-2H3. The van der Waals surface area contributed by atoms with E-state index < -0.39 is 0 Å². The summed E-state index contributed by atoms with van der Waals surface area (Å²) < 4.78 is 0. The van der Waals surface area contributed by atoms with Gasteiger partial charge < -0.3 is 5.32 Å². The van der Waals surface area contributed by atoms with Gasteiger partial charge in [-0.15, -0.1) is 0 Å². The molecule has 2 aromatic rings. The van der Waals surface area contributed by atoms with Crippen molar-refractivity contribution in [3.63, 3.8) is 0 Å². The molecule has 0 amide bonds.